The highest BCUT2D eigenvalue weighted by Crippen LogP contribution is 1.94. The van der Waals surface area contributed by atoms with Gasteiger partial charge in [0.15, 0.2) is 0 Å². The fraction of sp³-hybridized carbons (Fsp3) is 0.333. The average Bonchev–Trinajstić information content (AvgIpc) is 2.14. The zero-order chi connectivity index (χ0) is 6.85. The number of nitro groups is 1. The molecular weight excluding hydrogens is 126 g/mol. The minimum absolute atomic E-state index is 0.531. The summed E-state index contributed by atoms with van der Waals surface area (Å²) >= 11 is 0. The Hall–Kier alpha value is -1.33. The summed E-state index contributed by atoms with van der Waals surface area (Å²) in [4.78, 5) is 19.5. The fourth-order valence-corrected chi connectivity index (χ4v) is 0.486. The molecule has 0 saturated carbocycles. The van der Waals surface area contributed by atoms with Crippen LogP contribution >= 0.6 is 0 Å². The molecule has 0 aromatic rings. The largest absolute Gasteiger partial charge is 0.324 e. The van der Waals surface area contributed by atoms with E-state index < -0.39 is 17.1 Å². The maximum atomic E-state index is 10.2. The lowest BCUT2D eigenvalue weighted by Gasteiger charge is -1.94. The number of nitrogens with one attached hydrogen (secondary N) is 2. The molecule has 6 nitrogen and oxygen atoms in total. The molecule has 9 heavy (non-hydrogen) atoms. The van der Waals surface area contributed by atoms with Crippen molar-refractivity contribution in [3.05, 3.63) is 16.7 Å². The number of nitrogens with zero attached hydrogens (tertiary/aromatic N) is 1. The highest BCUT2D eigenvalue weighted by molar-refractivity contribution is 5.77. The van der Waals surface area contributed by atoms with Gasteiger partial charge in [-0.25, -0.2) is 4.79 Å². The van der Waals surface area contributed by atoms with Crippen LogP contribution in [0.2, 0.25) is 0 Å². The molecule has 1 aliphatic heterocycles. The lowest BCUT2D eigenvalue weighted by Crippen LogP contribution is -2.32. The van der Waals surface area contributed by atoms with Gasteiger partial charge >= 0.3 is 12.2 Å². The normalized spacial score (nSPS) is 24.9. The van der Waals surface area contributed by atoms with E-state index >= 15 is 0 Å². The van der Waals surface area contributed by atoms with E-state index in [1.54, 1.807) is 0 Å². The van der Waals surface area contributed by atoms with E-state index in [9.17, 15) is 14.9 Å². The number of amides is 2. The van der Waals surface area contributed by atoms with E-state index in [-0.39, 0.29) is 0 Å². The molecule has 0 aromatic heterocycles. The summed E-state index contributed by atoms with van der Waals surface area (Å²) in [5.74, 6) is 0. The lowest BCUT2D eigenvalue weighted by atomic mass is 10.6. The summed E-state index contributed by atoms with van der Waals surface area (Å²) in [5.41, 5.74) is 0. The molecule has 1 radical (unpaired) electrons. The van der Waals surface area contributed by atoms with Crippen molar-refractivity contribution in [2.24, 2.45) is 0 Å². The van der Waals surface area contributed by atoms with E-state index in [4.69, 9.17) is 0 Å². The van der Waals surface area contributed by atoms with Gasteiger partial charge in [0.05, 0.1) is 0 Å². The summed E-state index contributed by atoms with van der Waals surface area (Å²) in [5, 5.41) is 14.0. The van der Waals surface area contributed by atoms with Crippen LogP contribution in [-0.4, -0.2) is 17.1 Å². The average molecular weight is 130 g/mol. The molecule has 1 atom stereocenters. The van der Waals surface area contributed by atoms with Crippen molar-refractivity contribution in [3.8, 4) is 0 Å². The third kappa shape index (κ3) is 1.07. The van der Waals surface area contributed by atoms with Crippen molar-refractivity contribution in [3.63, 3.8) is 0 Å². The van der Waals surface area contributed by atoms with Crippen LogP contribution in [0.5, 0.6) is 0 Å². The molecular formula is C3H4N3O3. The molecule has 1 unspecified atom stereocenters. The molecule has 1 rings (SSSR count). The number of carbonyl (C=O) groups excluding carboxylic acids is 1. The highest BCUT2D eigenvalue weighted by atomic mass is 16.6. The minimum atomic E-state index is -1.07. The Morgan fingerprint density at radius 1 is 1.78 bits per heavy atom. The monoisotopic (exact) mass is 130 g/mol. The van der Waals surface area contributed by atoms with Gasteiger partial charge in [-0.15, -0.1) is 0 Å². The van der Waals surface area contributed by atoms with Gasteiger partial charge in [0.1, 0.15) is 6.54 Å². The highest BCUT2D eigenvalue weighted by Gasteiger charge is 2.29. The van der Waals surface area contributed by atoms with Crippen LogP contribution in [0.15, 0.2) is 0 Å². The van der Waals surface area contributed by atoms with Gasteiger partial charge in [0.2, 0.25) is 0 Å². The molecule has 1 heterocycles. The number of hydrogen-bond donors (Lipinski definition) is 2. The first-order valence-corrected chi connectivity index (χ1v) is 2.24. The fourth-order valence-electron chi connectivity index (χ4n) is 0.486. The van der Waals surface area contributed by atoms with Crippen LogP contribution in [-0.2, 0) is 0 Å². The smallest absolute Gasteiger partial charge is 0.320 e. The van der Waals surface area contributed by atoms with Crippen LogP contribution < -0.4 is 10.6 Å². The number of hydrogen-bond acceptors (Lipinski definition) is 3. The van der Waals surface area contributed by atoms with Gasteiger partial charge in [-0.3, -0.25) is 15.4 Å². The Balaban J connectivity index is 2.48. The molecule has 49 valence electrons. The zero-order valence-electron chi connectivity index (χ0n) is 4.33. The van der Waals surface area contributed by atoms with Crippen molar-refractivity contribution in [1.29, 1.82) is 0 Å². The molecule has 6 heteroatoms. The Bertz CT molecular complexity index is 156. The van der Waals surface area contributed by atoms with E-state index in [1.165, 1.54) is 0 Å². The van der Waals surface area contributed by atoms with E-state index in [0.717, 1.165) is 6.54 Å². The quantitative estimate of drug-likeness (QED) is 0.355. The molecule has 0 bridgehead atoms. The zero-order valence-corrected chi connectivity index (χ0v) is 4.33. The van der Waals surface area contributed by atoms with Gasteiger partial charge in [0.25, 0.3) is 0 Å². The van der Waals surface area contributed by atoms with Crippen LogP contribution in [0.1, 0.15) is 0 Å². The second kappa shape index (κ2) is 1.88. The molecule has 0 spiro atoms. The van der Waals surface area contributed by atoms with E-state index in [0.29, 0.717) is 0 Å². The van der Waals surface area contributed by atoms with Crippen molar-refractivity contribution in [2.75, 3.05) is 0 Å². The number of rotatable bonds is 1. The van der Waals surface area contributed by atoms with Crippen molar-refractivity contribution in [2.45, 2.75) is 6.17 Å². The first-order chi connectivity index (χ1) is 4.20. The SMILES string of the molecule is O=C1N[CH]C([N+](=O)[O-])N1. The predicted octanol–water partition coefficient (Wildman–Crippen LogP) is -0.936. The molecule has 2 N–H and O–H groups in total. The standard InChI is InChI=1S/C3H4N3O3/c7-3-4-1-2(5-3)6(8)9/h1-2H,(H2,4,5,7). The van der Waals surface area contributed by atoms with Gasteiger partial charge in [-0.2, -0.15) is 0 Å². The molecule has 2 amide bonds. The molecule has 1 saturated heterocycles. The Morgan fingerprint density at radius 3 is 2.67 bits per heavy atom. The van der Waals surface area contributed by atoms with Crippen molar-refractivity contribution in [1.82, 2.24) is 10.6 Å². The van der Waals surface area contributed by atoms with Gasteiger partial charge in [-0.05, 0) is 0 Å². The van der Waals surface area contributed by atoms with Gasteiger partial charge in [-0.1, -0.05) is 0 Å². The van der Waals surface area contributed by atoms with Crippen LogP contribution in [0.25, 0.3) is 0 Å². The van der Waals surface area contributed by atoms with Crippen LogP contribution in [0.4, 0.5) is 4.79 Å². The summed E-state index contributed by atoms with van der Waals surface area (Å²) in [6.07, 6.45) is -1.07. The molecule has 1 fully saturated rings. The predicted molar refractivity (Wildman–Crippen MR) is 26.7 cm³/mol. The van der Waals surface area contributed by atoms with Crippen LogP contribution in [0, 0.1) is 16.7 Å². The summed E-state index contributed by atoms with van der Waals surface area (Å²) in [6.45, 7) is 1.09. The van der Waals surface area contributed by atoms with E-state index in [2.05, 4.69) is 5.32 Å². The van der Waals surface area contributed by atoms with Gasteiger partial charge < -0.3 is 5.32 Å². The lowest BCUT2D eigenvalue weighted by molar-refractivity contribution is -0.515. The molecule has 0 aromatic carbocycles. The molecule has 1 aliphatic rings. The van der Waals surface area contributed by atoms with Crippen molar-refractivity contribution >= 4 is 6.03 Å². The number of carbonyl (C=O) groups is 1. The second-order valence-electron chi connectivity index (χ2n) is 1.51. The third-order valence-corrected chi connectivity index (χ3v) is 0.878. The second-order valence-corrected chi connectivity index (χ2v) is 1.51. The maximum Gasteiger partial charge on any atom is 0.320 e. The van der Waals surface area contributed by atoms with Gasteiger partial charge in [0, 0.05) is 4.92 Å². The summed E-state index contributed by atoms with van der Waals surface area (Å²) < 4.78 is 0. The Labute approximate surface area is 50.4 Å². The summed E-state index contributed by atoms with van der Waals surface area (Å²) in [6, 6.07) is -0.531. The van der Waals surface area contributed by atoms with Crippen LogP contribution in [0.3, 0.4) is 0 Å². The third-order valence-electron chi connectivity index (χ3n) is 0.878. The first kappa shape index (κ1) is 5.80. The first-order valence-electron chi connectivity index (χ1n) is 2.24. The Morgan fingerprint density at radius 2 is 2.44 bits per heavy atom. The minimum Gasteiger partial charge on any atom is -0.324 e. The van der Waals surface area contributed by atoms with Crippen molar-refractivity contribution < 1.29 is 9.72 Å². The van der Waals surface area contributed by atoms with E-state index in [1.807, 2.05) is 5.32 Å². The Kier molecular flexibility index (Phi) is 1.21. The number of urea groups is 1. The topological polar surface area (TPSA) is 84.3 Å². The maximum absolute atomic E-state index is 10.2. The molecule has 0 aliphatic carbocycles. The summed E-state index contributed by atoms with van der Waals surface area (Å²) in [7, 11) is 0.